The van der Waals surface area contributed by atoms with E-state index in [1.165, 1.54) is 11.1 Å². The van der Waals surface area contributed by atoms with Crippen LogP contribution in [0.3, 0.4) is 0 Å². The number of piperazine rings is 1. The first kappa shape index (κ1) is 29.9. The maximum Gasteiger partial charge on any atom is 0.229 e. The Labute approximate surface area is 258 Å². The molecule has 1 aliphatic rings. The number of hydrogen-bond donors (Lipinski definition) is 2. The van der Waals surface area contributed by atoms with Gasteiger partial charge in [0.2, 0.25) is 17.0 Å². The highest BCUT2D eigenvalue weighted by atomic mass is 32.1. The number of ether oxygens (including phenoxy) is 2. The number of guanidine groups is 1. The number of thiocarbonyl (C=S) groups is 1. The lowest BCUT2D eigenvalue weighted by molar-refractivity contribution is 0.150. The molecule has 2 heterocycles. The van der Waals surface area contributed by atoms with E-state index in [1.54, 1.807) is 14.2 Å². The molecule has 0 spiro atoms. The molecule has 1 saturated heterocycles. The Morgan fingerprint density at radius 3 is 1.95 bits per heavy atom. The summed E-state index contributed by atoms with van der Waals surface area (Å²) in [7, 11) is 3.23. The third kappa shape index (κ3) is 7.65. The van der Waals surface area contributed by atoms with Gasteiger partial charge >= 0.3 is 0 Å². The smallest absolute Gasteiger partial charge is 0.229 e. The van der Waals surface area contributed by atoms with Gasteiger partial charge in [0.25, 0.3) is 0 Å². The van der Waals surface area contributed by atoms with Crippen LogP contribution in [0.25, 0.3) is 0 Å². The minimum atomic E-state index is 0.156. The molecule has 5 rings (SSSR count). The fourth-order valence-electron chi connectivity index (χ4n) is 5.29. The molecule has 43 heavy (non-hydrogen) atoms. The van der Waals surface area contributed by atoms with Crippen molar-refractivity contribution in [3.8, 4) is 11.5 Å². The van der Waals surface area contributed by atoms with Crippen LogP contribution in [0.2, 0.25) is 0 Å². The average Bonchev–Trinajstić information content (AvgIpc) is 3.02. The molecule has 0 radical (unpaired) electrons. The number of hydrogen-bond acceptors (Lipinski definition) is 6. The summed E-state index contributed by atoms with van der Waals surface area (Å²) < 4.78 is 10.9. The molecule has 0 bridgehead atoms. The molecule has 3 aromatic carbocycles. The number of aromatic nitrogens is 2. The number of nitrogens with one attached hydrogen (secondary N) is 2. The van der Waals surface area contributed by atoms with Gasteiger partial charge in [-0.1, -0.05) is 60.7 Å². The predicted molar refractivity (Wildman–Crippen MR) is 176 cm³/mol. The summed E-state index contributed by atoms with van der Waals surface area (Å²) >= 11 is 5.72. The highest BCUT2D eigenvalue weighted by Gasteiger charge is 2.28. The summed E-state index contributed by atoms with van der Waals surface area (Å²) in [6.07, 6.45) is 0. The lowest BCUT2D eigenvalue weighted by Gasteiger charge is -2.40. The standard InChI is InChI=1S/C33H37N7O2S/c1-23-21-24(2)35-31(34-23)37-32(38-33(43)36-28-22-27(41-3)15-16-29(28)42-4)40-19-17-39(18-20-40)30(25-11-7-5-8-12-25)26-13-9-6-10-14-26/h5-16,21-22,30H,17-20H2,1-4H3,(H2,34,35,36,37,38,43). The van der Waals surface area contributed by atoms with Crippen LogP contribution in [0.5, 0.6) is 11.5 Å². The zero-order chi connectivity index (χ0) is 30.2. The summed E-state index contributed by atoms with van der Waals surface area (Å²) in [6, 6.07) is 28.9. The van der Waals surface area contributed by atoms with E-state index in [2.05, 4.69) is 91.1 Å². The van der Waals surface area contributed by atoms with Crippen molar-refractivity contribution >= 4 is 34.9 Å². The van der Waals surface area contributed by atoms with Crippen LogP contribution in [0.4, 0.5) is 11.6 Å². The molecule has 0 unspecified atom stereocenters. The minimum absolute atomic E-state index is 0.156. The van der Waals surface area contributed by atoms with Crippen LogP contribution in [0, 0.1) is 13.8 Å². The van der Waals surface area contributed by atoms with E-state index in [9.17, 15) is 0 Å². The zero-order valence-electron chi connectivity index (χ0n) is 24.9. The van der Waals surface area contributed by atoms with Crippen molar-refractivity contribution in [2.75, 3.05) is 51.0 Å². The minimum Gasteiger partial charge on any atom is -0.497 e. The van der Waals surface area contributed by atoms with E-state index in [1.807, 2.05) is 38.1 Å². The van der Waals surface area contributed by atoms with Crippen LogP contribution in [-0.2, 0) is 0 Å². The van der Waals surface area contributed by atoms with Crippen molar-refractivity contribution in [1.82, 2.24) is 19.8 Å². The number of aryl methyl sites for hydroxylation is 2. The quantitative estimate of drug-likeness (QED) is 0.159. The van der Waals surface area contributed by atoms with Gasteiger partial charge in [-0.25, -0.2) is 9.97 Å². The fourth-order valence-corrected chi connectivity index (χ4v) is 5.48. The van der Waals surface area contributed by atoms with Gasteiger partial charge in [0, 0.05) is 43.6 Å². The molecular formula is C33H37N7O2S. The van der Waals surface area contributed by atoms with E-state index in [0.29, 0.717) is 29.1 Å². The molecule has 0 amide bonds. The number of nitrogens with zero attached hydrogens (tertiary/aromatic N) is 5. The molecule has 1 fully saturated rings. The first-order valence-electron chi connectivity index (χ1n) is 14.2. The first-order valence-corrected chi connectivity index (χ1v) is 14.6. The highest BCUT2D eigenvalue weighted by molar-refractivity contribution is 7.80. The summed E-state index contributed by atoms with van der Waals surface area (Å²) in [5.74, 6) is 2.37. The van der Waals surface area contributed by atoms with Crippen molar-refractivity contribution in [1.29, 1.82) is 0 Å². The first-order chi connectivity index (χ1) is 20.9. The van der Waals surface area contributed by atoms with E-state index in [0.717, 1.165) is 37.6 Å². The normalized spacial score (nSPS) is 14.0. The van der Waals surface area contributed by atoms with E-state index in [4.69, 9.17) is 26.7 Å². The number of aliphatic imine (C=N–C) groups is 1. The van der Waals surface area contributed by atoms with Crippen LogP contribution in [0.15, 0.2) is 89.9 Å². The third-order valence-corrected chi connectivity index (χ3v) is 7.46. The Morgan fingerprint density at radius 2 is 1.40 bits per heavy atom. The van der Waals surface area contributed by atoms with Gasteiger partial charge in [-0.15, -0.1) is 0 Å². The van der Waals surface area contributed by atoms with Gasteiger partial charge < -0.3 is 19.7 Å². The van der Waals surface area contributed by atoms with E-state index >= 15 is 0 Å². The summed E-state index contributed by atoms with van der Waals surface area (Å²) in [4.78, 5) is 18.7. The van der Waals surface area contributed by atoms with Crippen molar-refractivity contribution in [3.05, 3.63) is 107 Å². The van der Waals surface area contributed by atoms with Gasteiger partial charge in [-0.05, 0) is 55.4 Å². The maximum absolute atomic E-state index is 5.72. The maximum atomic E-state index is 5.72. The van der Waals surface area contributed by atoms with Crippen molar-refractivity contribution in [2.24, 2.45) is 4.99 Å². The molecule has 1 aliphatic heterocycles. The third-order valence-electron chi connectivity index (χ3n) is 7.27. The Hall–Kier alpha value is -4.54. The lowest BCUT2D eigenvalue weighted by Crippen LogP contribution is -2.52. The number of benzene rings is 3. The predicted octanol–water partition coefficient (Wildman–Crippen LogP) is 5.68. The van der Waals surface area contributed by atoms with Crippen molar-refractivity contribution in [3.63, 3.8) is 0 Å². The average molecular weight is 596 g/mol. The summed E-state index contributed by atoms with van der Waals surface area (Å²) in [5, 5.41) is 6.83. The molecule has 0 atom stereocenters. The van der Waals surface area contributed by atoms with Gasteiger partial charge in [-0.3, -0.25) is 10.2 Å². The van der Waals surface area contributed by atoms with E-state index in [-0.39, 0.29) is 11.2 Å². The van der Waals surface area contributed by atoms with Crippen LogP contribution < -0.4 is 20.1 Å². The molecule has 4 aromatic rings. The van der Waals surface area contributed by atoms with Crippen molar-refractivity contribution in [2.45, 2.75) is 19.9 Å². The van der Waals surface area contributed by atoms with Crippen LogP contribution >= 0.6 is 12.2 Å². The second-order valence-electron chi connectivity index (χ2n) is 10.3. The van der Waals surface area contributed by atoms with Gasteiger partial charge in [0.15, 0.2) is 0 Å². The molecule has 0 saturated carbocycles. The molecule has 0 aliphatic carbocycles. The van der Waals surface area contributed by atoms with Crippen LogP contribution in [-0.4, -0.2) is 71.2 Å². The Kier molecular flexibility index (Phi) is 9.81. The lowest BCUT2D eigenvalue weighted by atomic mass is 9.96. The SMILES string of the molecule is COc1ccc(OC)c(NC(=S)/N=C(/Nc2nc(C)cc(C)n2)N2CCN(C(c3ccccc3)c3ccccc3)CC2)c1. The molecular weight excluding hydrogens is 558 g/mol. The largest absolute Gasteiger partial charge is 0.497 e. The number of anilines is 2. The van der Waals surface area contributed by atoms with Gasteiger partial charge in [-0.2, -0.15) is 4.99 Å². The molecule has 222 valence electrons. The topological polar surface area (TPSA) is 87.1 Å². The molecule has 9 nitrogen and oxygen atoms in total. The van der Waals surface area contributed by atoms with Gasteiger partial charge in [0.1, 0.15) is 11.5 Å². The number of methoxy groups -OCH3 is 2. The second-order valence-corrected chi connectivity index (χ2v) is 10.7. The Morgan fingerprint density at radius 1 is 0.791 bits per heavy atom. The summed E-state index contributed by atoms with van der Waals surface area (Å²) in [5.41, 5.74) is 4.95. The molecule has 1 aromatic heterocycles. The van der Waals surface area contributed by atoms with Crippen molar-refractivity contribution < 1.29 is 9.47 Å². The monoisotopic (exact) mass is 595 g/mol. The number of rotatable bonds is 7. The Bertz CT molecular complexity index is 1500. The second kappa shape index (κ2) is 14.1. The van der Waals surface area contributed by atoms with E-state index < -0.39 is 0 Å². The summed E-state index contributed by atoms with van der Waals surface area (Å²) in [6.45, 7) is 7.02. The fraction of sp³-hybridized carbons (Fsp3) is 0.273. The van der Waals surface area contributed by atoms with Crippen LogP contribution in [0.1, 0.15) is 28.6 Å². The Balaban J connectivity index is 1.40. The highest BCUT2D eigenvalue weighted by Crippen LogP contribution is 2.30. The molecule has 2 N–H and O–H groups in total. The zero-order valence-corrected chi connectivity index (χ0v) is 25.8. The van der Waals surface area contributed by atoms with Gasteiger partial charge in [0.05, 0.1) is 25.9 Å². The molecule has 10 heteroatoms.